The Bertz CT molecular complexity index is 863. The van der Waals surface area contributed by atoms with Crippen LogP contribution in [0.5, 0.6) is 0 Å². The molecule has 4 heteroatoms. The Hall–Kier alpha value is -2.12. The molecule has 0 spiro atoms. The molecule has 0 saturated heterocycles. The van der Waals surface area contributed by atoms with Crippen molar-refractivity contribution in [3.05, 3.63) is 56.8 Å². The lowest BCUT2D eigenvalue weighted by atomic mass is 9.99. The van der Waals surface area contributed by atoms with Crippen molar-refractivity contribution >= 4 is 17.5 Å². The van der Waals surface area contributed by atoms with Gasteiger partial charge in [0, 0.05) is 11.3 Å². The molecule has 0 bridgehead atoms. The summed E-state index contributed by atoms with van der Waals surface area (Å²) in [6.45, 7) is 11.9. The maximum absolute atomic E-state index is 12.6. The molecule has 0 amide bonds. The van der Waals surface area contributed by atoms with Gasteiger partial charge in [0.1, 0.15) is 11.1 Å². The fraction of sp³-hybridized carbons (Fsp3) is 0.350. The van der Waals surface area contributed by atoms with Crippen LogP contribution in [-0.4, -0.2) is 16.5 Å². The summed E-state index contributed by atoms with van der Waals surface area (Å²) >= 11 is 1.35. The number of carbonyl (C=O) groups excluding carboxylic acids is 1. The van der Waals surface area contributed by atoms with Crippen LogP contribution in [0, 0.1) is 52.9 Å². The smallest absolute Gasteiger partial charge is 0.173 e. The van der Waals surface area contributed by atoms with Gasteiger partial charge in [-0.3, -0.25) is 4.79 Å². The molecule has 0 N–H and O–H groups in total. The van der Waals surface area contributed by atoms with Gasteiger partial charge >= 0.3 is 0 Å². The Kier molecular flexibility index (Phi) is 5.46. The Labute approximate surface area is 148 Å². The number of hydrogen-bond acceptors (Lipinski definition) is 4. The topological polar surface area (TPSA) is 53.8 Å². The summed E-state index contributed by atoms with van der Waals surface area (Å²) in [6.07, 6.45) is 0. The number of nitrogens with zero attached hydrogens (tertiary/aromatic N) is 2. The van der Waals surface area contributed by atoms with Gasteiger partial charge in [0.2, 0.25) is 0 Å². The van der Waals surface area contributed by atoms with Gasteiger partial charge in [-0.15, -0.1) is 0 Å². The number of Topliss-reactive ketones (excluding diaryl/α,β-unsaturated/α-hetero) is 1. The van der Waals surface area contributed by atoms with Crippen molar-refractivity contribution in [1.29, 1.82) is 5.26 Å². The van der Waals surface area contributed by atoms with Crippen molar-refractivity contribution in [3.8, 4) is 6.07 Å². The molecule has 2 rings (SSSR count). The third-order valence-electron chi connectivity index (χ3n) is 4.56. The third kappa shape index (κ3) is 3.52. The number of pyridine rings is 1. The van der Waals surface area contributed by atoms with Crippen molar-refractivity contribution in [1.82, 2.24) is 4.98 Å². The largest absolute Gasteiger partial charge is 0.293 e. The molecule has 0 aliphatic heterocycles. The van der Waals surface area contributed by atoms with Crippen LogP contribution in [0.15, 0.2) is 17.2 Å². The van der Waals surface area contributed by atoms with Crippen LogP contribution in [0.4, 0.5) is 0 Å². The summed E-state index contributed by atoms with van der Waals surface area (Å²) in [5.41, 5.74) is 7.52. The second-order valence-electron chi connectivity index (χ2n) is 6.20. The summed E-state index contributed by atoms with van der Waals surface area (Å²) in [6, 6.07) is 6.23. The number of carbonyl (C=O) groups is 1. The minimum Gasteiger partial charge on any atom is -0.293 e. The van der Waals surface area contributed by atoms with Crippen LogP contribution in [0.1, 0.15) is 49.4 Å². The third-order valence-corrected chi connectivity index (χ3v) is 5.53. The molecule has 3 nitrogen and oxygen atoms in total. The van der Waals surface area contributed by atoms with Gasteiger partial charge in [-0.05, 0) is 75.4 Å². The van der Waals surface area contributed by atoms with Crippen LogP contribution in [0.3, 0.4) is 0 Å². The highest BCUT2D eigenvalue weighted by atomic mass is 32.2. The fourth-order valence-corrected chi connectivity index (χ4v) is 3.59. The lowest BCUT2D eigenvalue weighted by Crippen LogP contribution is -2.07. The first kappa shape index (κ1) is 18.2. The van der Waals surface area contributed by atoms with E-state index in [1.807, 2.05) is 53.7 Å². The zero-order chi connectivity index (χ0) is 18.0. The average molecular weight is 338 g/mol. The zero-order valence-electron chi connectivity index (χ0n) is 15.1. The quantitative estimate of drug-likeness (QED) is 0.595. The first-order chi connectivity index (χ1) is 11.3. The minimum absolute atomic E-state index is 0.0715. The first-order valence-corrected chi connectivity index (χ1v) is 8.86. The fourth-order valence-electron chi connectivity index (χ4n) is 2.62. The van der Waals surface area contributed by atoms with Crippen molar-refractivity contribution in [2.45, 2.75) is 46.6 Å². The molecule has 0 radical (unpaired) electrons. The molecule has 1 aromatic carbocycles. The van der Waals surface area contributed by atoms with Crippen LogP contribution in [0.2, 0.25) is 0 Å². The second kappa shape index (κ2) is 7.19. The Morgan fingerprint density at radius 3 is 2.29 bits per heavy atom. The number of aryl methyl sites for hydroxylation is 4. The van der Waals surface area contributed by atoms with Crippen molar-refractivity contribution < 1.29 is 4.79 Å². The van der Waals surface area contributed by atoms with E-state index >= 15 is 0 Å². The highest BCUT2D eigenvalue weighted by molar-refractivity contribution is 8.00. The summed E-state index contributed by atoms with van der Waals surface area (Å²) < 4.78 is 0. The number of ketones is 1. The number of aromatic nitrogens is 1. The summed E-state index contributed by atoms with van der Waals surface area (Å²) in [5, 5.41) is 10.1. The van der Waals surface area contributed by atoms with E-state index in [1.54, 1.807) is 0 Å². The van der Waals surface area contributed by atoms with Gasteiger partial charge in [0.25, 0.3) is 0 Å². The maximum Gasteiger partial charge on any atom is 0.173 e. The van der Waals surface area contributed by atoms with Crippen molar-refractivity contribution in [2.75, 3.05) is 5.75 Å². The molecular formula is C20H22N2OS. The number of nitriles is 1. The van der Waals surface area contributed by atoms with Gasteiger partial charge in [-0.2, -0.15) is 5.26 Å². The number of hydrogen-bond donors (Lipinski definition) is 0. The summed E-state index contributed by atoms with van der Waals surface area (Å²) in [7, 11) is 0. The zero-order valence-corrected chi connectivity index (χ0v) is 15.9. The van der Waals surface area contributed by atoms with E-state index in [1.165, 1.54) is 17.3 Å². The van der Waals surface area contributed by atoms with Crippen LogP contribution in [-0.2, 0) is 0 Å². The molecule has 0 unspecified atom stereocenters. The van der Waals surface area contributed by atoms with Crippen LogP contribution >= 0.6 is 11.8 Å². The molecule has 0 saturated carbocycles. The number of benzene rings is 1. The van der Waals surface area contributed by atoms with Gasteiger partial charge in [0.15, 0.2) is 5.78 Å². The Morgan fingerprint density at radius 1 is 1.04 bits per heavy atom. The number of thioether (sulfide) groups is 1. The van der Waals surface area contributed by atoms with Crippen molar-refractivity contribution in [3.63, 3.8) is 0 Å². The lowest BCUT2D eigenvalue weighted by molar-refractivity contribution is 0.102. The van der Waals surface area contributed by atoms with Gasteiger partial charge in [-0.25, -0.2) is 4.98 Å². The SMILES string of the molecule is Cc1cc(C)c(C(=O)CSc2nc(C)c(C)c(C)c2C#N)cc1C. The Morgan fingerprint density at radius 2 is 1.67 bits per heavy atom. The maximum atomic E-state index is 12.6. The molecule has 0 fully saturated rings. The van der Waals surface area contributed by atoms with E-state index in [-0.39, 0.29) is 11.5 Å². The monoisotopic (exact) mass is 338 g/mol. The normalized spacial score (nSPS) is 10.5. The molecule has 1 aromatic heterocycles. The van der Waals surface area contributed by atoms with E-state index in [9.17, 15) is 10.1 Å². The predicted octanol–water partition coefficient (Wildman–Crippen LogP) is 4.78. The van der Waals surface area contributed by atoms with Crippen LogP contribution < -0.4 is 0 Å². The summed E-state index contributed by atoms with van der Waals surface area (Å²) in [4.78, 5) is 17.1. The highest BCUT2D eigenvalue weighted by Crippen LogP contribution is 2.27. The molecular weight excluding hydrogens is 316 g/mol. The van der Waals surface area contributed by atoms with E-state index in [4.69, 9.17) is 0 Å². The highest BCUT2D eigenvalue weighted by Gasteiger charge is 2.16. The minimum atomic E-state index is 0.0715. The van der Waals surface area contributed by atoms with E-state index in [0.717, 1.165) is 33.5 Å². The molecule has 1 heterocycles. The molecule has 0 aliphatic rings. The molecule has 0 aliphatic carbocycles. The van der Waals surface area contributed by atoms with Crippen LogP contribution in [0.25, 0.3) is 0 Å². The molecule has 124 valence electrons. The van der Waals surface area contributed by atoms with Gasteiger partial charge in [-0.1, -0.05) is 17.8 Å². The van der Waals surface area contributed by atoms with E-state index < -0.39 is 0 Å². The van der Waals surface area contributed by atoms with Gasteiger partial charge < -0.3 is 0 Å². The Balaban J connectivity index is 2.28. The molecule has 0 atom stereocenters. The van der Waals surface area contributed by atoms with E-state index in [0.29, 0.717) is 10.6 Å². The average Bonchev–Trinajstić information content (AvgIpc) is 2.53. The molecule has 2 aromatic rings. The summed E-state index contributed by atoms with van der Waals surface area (Å²) in [5.74, 6) is 0.356. The first-order valence-electron chi connectivity index (χ1n) is 7.88. The lowest BCUT2D eigenvalue weighted by Gasteiger charge is -2.12. The number of rotatable bonds is 4. The second-order valence-corrected chi connectivity index (χ2v) is 7.17. The standard InChI is InChI=1S/C20H22N2OS/c1-11-7-13(3)17(8-12(11)2)19(23)10-24-20-18(9-21)15(5)14(4)16(6)22-20/h7-8H,10H2,1-6H3. The van der Waals surface area contributed by atoms with Crippen molar-refractivity contribution in [2.24, 2.45) is 0 Å². The van der Waals surface area contributed by atoms with Gasteiger partial charge in [0.05, 0.1) is 11.3 Å². The predicted molar refractivity (Wildman–Crippen MR) is 98.9 cm³/mol. The van der Waals surface area contributed by atoms with E-state index in [2.05, 4.69) is 11.1 Å². The molecule has 24 heavy (non-hydrogen) atoms.